The number of carbonyl (C=O) groups is 2. The summed E-state index contributed by atoms with van der Waals surface area (Å²) < 4.78 is 0. The van der Waals surface area contributed by atoms with Crippen molar-refractivity contribution < 1.29 is 14.7 Å². The Morgan fingerprint density at radius 1 is 1.12 bits per heavy atom. The lowest BCUT2D eigenvalue weighted by Crippen LogP contribution is -2.22. The lowest BCUT2D eigenvalue weighted by atomic mass is 10.2. The molecule has 0 unspecified atom stereocenters. The molecule has 0 aliphatic rings. The van der Waals surface area contributed by atoms with Crippen molar-refractivity contribution in [3.63, 3.8) is 0 Å². The zero-order valence-corrected chi connectivity index (χ0v) is 14.8. The fourth-order valence-electron chi connectivity index (χ4n) is 2.00. The zero-order chi connectivity index (χ0) is 17.7. The van der Waals surface area contributed by atoms with E-state index in [-0.39, 0.29) is 5.91 Å². The lowest BCUT2D eigenvalue weighted by molar-refractivity contribution is -0.131. The summed E-state index contributed by atoms with van der Waals surface area (Å²) in [6.45, 7) is 0. The molecule has 0 bridgehead atoms. The molecular formula is C18H16ClNO3S. The maximum atomic E-state index is 12.3. The highest BCUT2D eigenvalue weighted by atomic mass is 35.5. The van der Waals surface area contributed by atoms with E-state index >= 15 is 0 Å². The van der Waals surface area contributed by atoms with Crippen LogP contribution < -0.4 is 0 Å². The number of benzene rings is 2. The molecule has 124 valence electrons. The number of amides is 1. The molecule has 0 spiro atoms. The Hall–Kier alpha value is -2.24. The van der Waals surface area contributed by atoms with Crippen LogP contribution in [0.3, 0.4) is 0 Å². The topological polar surface area (TPSA) is 57.6 Å². The third kappa shape index (κ3) is 4.63. The van der Waals surface area contributed by atoms with Gasteiger partial charge in [0.2, 0.25) is 0 Å². The second kappa shape index (κ2) is 8.04. The van der Waals surface area contributed by atoms with Crippen LogP contribution in [0.4, 0.5) is 0 Å². The molecular weight excluding hydrogens is 346 g/mol. The minimum absolute atomic E-state index is 0.0882. The third-order valence-corrected chi connectivity index (χ3v) is 4.52. The summed E-state index contributed by atoms with van der Waals surface area (Å²) in [7, 11) is 3.40. The summed E-state index contributed by atoms with van der Waals surface area (Å²) in [6, 6.07) is 12.5. The number of carboxylic acids is 1. The normalized spacial score (nSPS) is 10.8. The number of aliphatic carboxylic acids is 1. The van der Waals surface area contributed by atoms with Crippen LogP contribution in [-0.4, -0.2) is 36.0 Å². The van der Waals surface area contributed by atoms with E-state index in [1.54, 1.807) is 32.3 Å². The summed E-state index contributed by atoms with van der Waals surface area (Å²) in [5, 5.41) is 9.34. The van der Waals surface area contributed by atoms with Crippen molar-refractivity contribution >= 4 is 41.3 Å². The highest BCUT2D eigenvalue weighted by Gasteiger charge is 2.14. The molecule has 6 heteroatoms. The summed E-state index contributed by atoms with van der Waals surface area (Å²) >= 11 is 7.40. The Morgan fingerprint density at radius 3 is 2.50 bits per heavy atom. The third-order valence-electron chi connectivity index (χ3n) is 3.12. The molecule has 1 amide bonds. The molecule has 1 N–H and O–H groups in total. The van der Waals surface area contributed by atoms with Crippen molar-refractivity contribution in [3.05, 3.63) is 64.7 Å². The molecule has 2 aromatic carbocycles. The van der Waals surface area contributed by atoms with Crippen LogP contribution in [0, 0.1) is 0 Å². The first-order valence-corrected chi connectivity index (χ1v) is 8.27. The SMILES string of the molecule is CN(C)C(=O)c1ccccc1Sc1ccc(Cl)cc1C=CC(=O)O. The van der Waals surface area contributed by atoms with Gasteiger partial charge in [-0.3, -0.25) is 4.79 Å². The Morgan fingerprint density at radius 2 is 1.83 bits per heavy atom. The van der Waals surface area contributed by atoms with E-state index in [1.807, 2.05) is 24.3 Å². The standard InChI is InChI=1S/C18H16ClNO3S/c1-20(2)18(23)14-5-3-4-6-16(14)24-15-9-8-13(19)11-12(15)7-10-17(21)22/h3-11H,1-2H3,(H,21,22). The van der Waals surface area contributed by atoms with Crippen LogP contribution in [0.1, 0.15) is 15.9 Å². The predicted molar refractivity (Wildman–Crippen MR) is 96.7 cm³/mol. The molecule has 0 saturated heterocycles. The van der Waals surface area contributed by atoms with E-state index in [0.29, 0.717) is 16.1 Å². The Kier molecular flexibility index (Phi) is 6.06. The van der Waals surface area contributed by atoms with Crippen molar-refractivity contribution in [2.75, 3.05) is 14.1 Å². The van der Waals surface area contributed by atoms with Gasteiger partial charge in [-0.15, -0.1) is 0 Å². The van der Waals surface area contributed by atoms with Gasteiger partial charge in [0.1, 0.15) is 0 Å². The number of hydrogen-bond acceptors (Lipinski definition) is 3. The fourth-order valence-corrected chi connectivity index (χ4v) is 3.21. The average Bonchev–Trinajstić information content (AvgIpc) is 2.54. The highest BCUT2D eigenvalue weighted by Crippen LogP contribution is 2.35. The molecule has 2 rings (SSSR count). The van der Waals surface area contributed by atoms with Crippen molar-refractivity contribution in [1.29, 1.82) is 0 Å². The van der Waals surface area contributed by atoms with Gasteiger partial charge >= 0.3 is 5.97 Å². The minimum atomic E-state index is -1.03. The Labute approximate surface area is 149 Å². The molecule has 0 aliphatic heterocycles. The lowest BCUT2D eigenvalue weighted by Gasteiger charge is -2.14. The van der Waals surface area contributed by atoms with Gasteiger partial charge in [0, 0.05) is 35.0 Å². The number of hydrogen-bond donors (Lipinski definition) is 1. The maximum Gasteiger partial charge on any atom is 0.328 e. The Bertz CT molecular complexity index is 803. The van der Waals surface area contributed by atoms with Crippen LogP contribution in [0.5, 0.6) is 0 Å². The molecule has 0 saturated carbocycles. The van der Waals surface area contributed by atoms with Crippen LogP contribution in [0.15, 0.2) is 58.3 Å². The molecule has 2 aromatic rings. The molecule has 0 fully saturated rings. The molecule has 4 nitrogen and oxygen atoms in total. The van der Waals surface area contributed by atoms with Crippen molar-refractivity contribution in [2.24, 2.45) is 0 Å². The van der Waals surface area contributed by atoms with Gasteiger partial charge in [-0.2, -0.15) is 0 Å². The van der Waals surface area contributed by atoms with Gasteiger partial charge in [-0.25, -0.2) is 4.79 Å². The summed E-state index contributed by atoms with van der Waals surface area (Å²) in [5.41, 5.74) is 1.28. The van der Waals surface area contributed by atoms with E-state index in [0.717, 1.165) is 15.9 Å². The molecule has 24 heavy (non-hydrogen) atoms. The van der Waals surface area contributed by atoms with Gasteiger partial charge in [-0.05, 0) is 42.0 Å². The smallest absolute Gasteiger partial charge is 0.328 e. The van der Waals surface area contributed by atoms with E-state index in [9.17, 15) is 9.59 Å². The van der Waals surface area contributed by atoms with Crippen molar-refractivity contribution in [2.45, 2.75) is 9.79 Å². The van der Waals surface area contributed by atoms with Gasteiger partial charge in [0.15, 0.2) is 0 Å². The molecule has 0 aromatic heterocycles. The van der Waals surface area contributed by atoms with Crippen LogP contribution in [0.2, 0.25) is 5.02 Å². The van der Waals surface area contributed by atoms with Crippen molar-refractivity contribution in [1.82, 2.24) is 4.90 Å². The fraction of sp³-hybridized carbons (Fsp3) is 0.111. The monoisotopic (exact) mass is 361 g/mol. The van der Waals surface area contributed by atoms with Crippen LogP contribution >= 0.6 is 23.4 Å². The summed E-state index contributed by atoms with van der Waals surface area (Å²) in [6.07, 6.45) is 2.56. The van der Waals surface area contributed by atoms with Gasteiger partial charge in [0.25, 0.3) is 5.91 Å². The second-order valence-corrected chi connectivity index (χ2v) is 6.67. The van der Waals surface area contributed by atoms with Crippen LogP contribution in [0.25, 0.3) is 6.08 Å². The quantitative estimate of drug-likeness (QED) is 0.807. The largest absolute Gasteiger partial charge is 0.478 e. The number of carbonyl (C=O) groups excluding carboxylic acids is 1. The summed E-state index contributed by atoms with van der Waals surface area (Å²) in [5.74, 6) is -1.12. The highest BCUT2D eigenvalue weighted by molar-refractivity contribution is 7.99. The first kappa shape index (κ1) is 18.1. The number of carboxylic acid groups (broad SMARTS) is 1. The average molecular weight is 362 g/mol. The van der Waals surface area contributed by atoms with E-state index in [2.05, 4.69) is 0 Å². The van der Waals surface area contributed by atoms with E-state index < -0.39 is 5.97 Å². The minimum Gasteiger partial charge on any atom is -0.478 e. The number of nitrogens with zero attached hydrogens (tertiary/aromatic N) is 1. The van der Waals surface area contributed by atoms with Gasteiger partial charge in [-0.1, -0.05) is 35.5 Å². The van der Waals surface area contributed by atoms with E-state index in [4.69, 9.17) is 16.7 Å². The predicted octanol–water partition coefficient (Wildman–Crippen LogP) is 4.29. The Balaban J connectivity index is 2.42. The summed E-state index contributed by atoms with van der Waals surface area (Å²) in [4.78, 5) is 26.2. The number of halogens is 1. The molecule has 0 aliphatic carbocycles. The second-order valence-electron chi connectivity index (χ2n) is 5.15. The molecule has 0 atom stereocenters. The first-order chi connectivity index (χ1) is 11.4. The van der Waals surface area contributed by atoms with Gasteiger partial charge in [0.05, 0.1) is 5.56 Å². The van der Waals surface area contributed by atoms with Gasteiger partial charge < -0.3 is 10.0 Å². The maximum absolute atomic E-state index is 12.3. The van der Waals surface area contributed by atoms with E-state index in [1.165, 1.54) is 22.7 Å². The molecule has 0 radical (unpaired) electrons. The van der Waals surface area contributed by atoms with Crippen molar-refractivity contribution in [3.8, 4) is 0 Å². The zero-order valence-electron chi connectivity index (χ0n) is 13.2. The number of rotatable bonds is 5. The molecule has 0 heterocycles. The van der Waals surface area contributed by atoms with Crippen LogP contribution in [-0.2, 0) is 4.79 Å². The first-order valence-electron chi connectivity index (χ1n) is 7.07.